The minimum absolute atomic E-state index is 0.0742. The zero-order valence-electron chi connectivity index (χ0n) is 16.8. The van der Waals surface area contributed by atoms with E-state index in [4.69, 9.17) is 4.74 Å². The number of benzene rings is 2. The van der Waals surface area contributed by atoms with Gasteiger partial charge in [-0.25, -0.2) is 9.18 Å². The van der Waals surface area contributed by atoms with Crippen LogP contribution < -0.4 is 5.32 Å². The van der Waals surface area contributed by atoms with Crippen molar-refractivity contribution < 1.29 is 18.7 Å². The van der Waals surface area contributed by atoms with E-state index in [0.717, 1.165) is 40.1 Å². The van der Waals surface area contributed by atoms with Gasteiger partial charge in [0.15, 0.2) is 5.78 Å². The number of hydrogen-bond acceptors (Lipinski definition) is 7. The molecule has 0 spiro atoms. The number of esters is 1. The summed E-state index contributed by atoms with van der Waals surface area (Å²) in [4.78, 5) is 25.0. The molecule has 0 aliphatic carbocycles. The van der Waals surface area contributed by atoms with Gasteiger partial charge in [-0.1, -0.05) is 29.5 Å². The Bertz CT molecular complexity index is 1060. The Labute approximate surface area is 182 Å². The maximum absolute atomic E-state index is 13.1. The Morgan fingerprint density at radius 2 is 1.90 bits per heavy atom. The van der Waals surface area contributed by atoms with E-state index in [-0.39, 0.29) is 18.1 Å². The quantitative estimate of drug-likeness (QED) is 0.269. The summed E-state index contributed by atoms with van der Waals surface area (Å²) >= 11 is 2.31. The minimum atomic E-state index is -0.491. The summed E-state index contributed by atoms with van der Waals surface area (Å²) in [7, 11) is 0. The number of rotatable bonds is 8. The lowest BCUT2D eigenvalue weighted by molar-refractivity contribution is 0.0523. The normalized spacial score (nSPS) is 10.7. The number of ether oxygens (including phenoxy) is 1. The van der Waals surface area contributed by atoms with E-state index in [1.807, 2.05) is 32.0 Å². The minimum Gasteiger partial charge on any atom is -0.462 e. The van der Waals surface area contributed by atoms with E-state index in [2.05, 4.69) is 9.69 Å². The second kappa shape index (κ2) is 9.86. The summed E-state index contributed by atoms with van der Waals surface area (Å²) in [6, 6.07) is 11.4. The Hall–Kier alpha value is -2.71. The van der Waals surface area contributed by atoms with Gasteiger partial charge in [-0.2, -0.15) is 4.37 Å². The first-order valence-corrected chi connectivity index (χ1v) is 11.1. The zero-order chi connectivity index (χ0) is 21.7. The standard InChI is InChI=1S/C22H21FN2O3S2/c1-4-28-22(27)19-20(24-17-10-5-13(2)11-14(17)3)30-25-21(19)29-12-18(26)15-6-8-16(23)9-7-15/h5-11,24H,4,12H2,1-3H3. The molecule has 0 fully saturated rings. The molecule has 1 aromatic heterocycles. The summed E-state index contributed by atoms with van der Waals surface area (Å²) in [5, 5.41) is 4.27. The Morgan fingerprint density at radius 1 is 1.17 bits per heavy atom. The lowest BCUT2D eigenvalue weighted by atomic mass is 10.1. The van der Waals surface area contributed by atoms with Gasteiger partial charge in [-0.15, -0.1) is 0 Å². The highest BCUT2D eigenvalue weighted by Gasteiger charge is 2.24. The SMILES string of the molecule is CCOC(=O)c1c(SCC(=O)c2ccc(F)cc2)nsc1Nc1ccc(C)cc1C. The second-order valence-corrected chi connectivity index (χ2v) is 8.31. The van der Waals surface area contributed by atoms with Gasteiger partial charge in [-0.3, -0.25) is 4.79 Å². The van der Waals surface area contributed by atoms with Crippen molar-refractivity contribution in [3.8, 4) is 0 Å². The zero-order valence-corrected chi connectivity index (χ0v) is 18.5. The van der Waals surface area contributed by atoms with E-state index in [9.17, 15) is 14.0 Å². The Balaban J connectivity index is 1.82. The number of hydrogen-bond donors (Lipinski definition) is 1. The van der Waals surface area contributed by atoms with Crippen molar-refractivity contribution in [3.63, 3.8) is 0 Å². The van der Waals surface area contributed by atoms with Gasteiger partial charge in [0, 0.05) is 11.3 Å². The van der Waals surface area contributed by atoms with Gasteiger partial charge in [0.25, 0.3) is 0 Å². The highest BCUT2D eigenvalue weighted by molar-refractivity contribution is 8.00. The highest BCUT2D eigenvalue weighted by Crippen LogP contribution is 2.35. The number of nitrogens with zero attached hydrogens (tertiary/aromatic N) is 1. The van der Waals surface area contributed by atoms with E-state index in [1.165, 1.54) is 24.3 Å². The smallest absolute Gasteiger partial charge is 0.343 e. The van der Waals surface area contributed by atoms with E-state index < -0.39 is 11.8 Å². The fourth-order valence-corrected chi connectivity index (χ4v) is 4.62. The molecule has 3 aromatic rings. The van der Waals surface area contributed by atoms with Crippen LogP contribution in [0.4, 0.5) is 15.1 Å². The molecule has 156 valence electrons. The fraction of sp³-hybridized carbons (Fsp3) is 0.227. The summed E-state index contributed by atoms with van der Waals surface area (Å²) < 4.78 is 22.6. The number of aromatic nitrogens is 1. The molecule has 0 unspecified atom stereocenters. The number of carbonyl (C=O) groups excluding carboxylic acids is 2. The summed E-state index contributed by atoms with van der Waals surface area (Å²) in [5.41, 5.74) is 3.78. The molecule has 30 heavy (non-hydrogen) atoms. The van der Waals surface area contributed by atoms with Crippen LogP contribution >= 0.6 is 23.3 Å². The molecule has 8 heteroatoms. The fourth-order valence-electron chi connectivity index (χ4n) is 2.77. The molecule has 0 aliphatic rings. The molecule has 3 rings (SSSR count). The number of halogens is 1. The van der Waals surface area contributed by atoms with Crippen LogP contribution in [0.2, 0.25) is 0 Å². The molecule has 0 radical (unpaired) electrons. The van der Waals surface area contributed by atoms with Crippen molar-refractivity contribution in [2.45, 2.75) is 25.8 Å². The van der Waals surface area contributed by atoms with E-state index >= 15 is 0 Å². The molecule has 0 atom stereocenters. The number of anilines is 2. The maximum atomic E-state index is 13.1. The molecule has 5 nitrogen and oxygen atoms in total. The van der Waals surface area contributed by atoms with Crippen molar-refractivity contribution in [2.75, 3.05) is 17.7 Å². The monoisotopic (exact) mass is 444 g/mol. The lowest BCUT2D eigenvalue weighted by Gasteiger charge is -2.10. The van der Waals surface area contributed by atoms with Crippen molar-refractivity contribution >= 4 is 45.7 Å². The van der Waals surface area contributed by atoms with Gasteiger partial charge in [0.05, 0.1) is 12.4 Å². The molecule has 0 aliphatic heterocycles. The Morgan fingerprint density at radius 3 is 2.57 bits per heavy atom. The van der Waals surface area contributed by atoms with Crippen molar-refractivity contribution in [1.82, 2.24) is 4.37 Å². The number of aryl methyl sites for hydroxylation is 2. The first-order valence-electron chi connectivity index (χ1n) is 9.31. The number of nitrogens with one attached hydrogen (secondary N) is 1. The van der Waals surface area contributed by atoms with Crippen molar-refractivity contribution in [1.29, 1.82) is 0 Å². The van der Waals surface area contributed by atoms with Crippen LogP contribution in [0, 0.1) is 19.7 Å². The predicted molar refractivity (Wildman–Crippen MR) is 119 cm³/mol. The van der Waals surface area contributed by atoms with Crippen LogP contribution in [-0.4, -0.2) is 28.5 Å². The third-order valence-corrected chi connectivity index (χ3v) is 6.13. The summed E-state index contributed by atoms with van der Waals surface area (Å²) in [6.07, 6.45) is 0. The molecule has 0 saturated heterocycles. The number of carbonyl (C=O) groups is 2. The van der Waals surface area contributed by atoms with E-state index in [1.54, 1.807) is 6.92 Å². The van der Waals surface area contributed by atoms with Crippen LogP contribution in [0.3, 0.4) is 0 Å². The average molecular weight is 445 g/mol. The van der Waals surface area contributed by atoms with Gasteiger partial charge in [0.2, 0.25) is 0 Å². The number of ketones is 1. The van der Waals surface area contributed by atoms with Crippen LogP contribution in [0.15, 0.2) is 47.5 Å². The molecule has 2 aromatic carbocycles. The van der Waals surface area contributed by atoms with Crippen LogP contribution in [0.5, 0.6) is 0 Å². The number of Topliss-reactive ketones (excluding diaryl/α,β-unsaturated/α-hetero) is 1. The van der Waals surface area contributed by atoms with Gasteiger partial charge >= 0.3 is 5.97 Å². The molecule has 1 heterocycles. The molecule has 0 saturated carbocycles. The first-order chi connectivity index (χ1) is 14.4. The van der Waals surface area contributed by atoms with Crippen LogP contribution in [0.25, 0.3) is 0 Å². The van der Waals surface area contributed by atoms with Crippen LogP contribution in [-0.2, 0) is 4.74 Å². The Kier molecular flexibility index (Phi) is 7.23. The largest absolute Gasteiger partial charge is 0.462 e. The lowest BCUT2D eigenvalue weighted by Crippen LogP contribution is -2.09. The summed E-state index contributed by atoms with van der Waals surface area (Å²) in [5.74, 6) is -0.988. The maximum Gasteiger partial charge on any atom is 0.343 e. The topological polar surface area (TPSA) is 68.3 Å². The summed E-state index contributed by atoms with van der Waals surface area (Å²) in [6.45, 7) is 5.97. The third kappa shape index (κ3) is 5.25. The first kappa shape index (κ1) is 22.0. The molecular formula is C22H21FN2O3S2. The van der Waals surface area contributed by atoms with Crippen molar-refractivity contribution in [2.24, 2.45) is 0 Å². The molecular weight excluding hydrogens is 423 g/mol. The predicted octanol–water partition coefficient (Wildman–Crippen LogP) is 5.79. The molecule has 1 N–H and O–H groups in total. The van der Waals surface area contributed by atoms with Gasteiger partial charge < -0.3 is 10.1 Å². The highest BCUT2D eigenvalue weighted by atomic mass is 32.2. The van der Waals surface area contributed by atoms with E-state index in [0.29, 0.717) is 21.2 Å². The second-order valence-electron chi connectivity index (χ2n) is 6.57. The average Bonchev–Trinajstić information content (AvgIpc) is 3.11. The van der Waals surface area contributed by atoms with Crippen molar-refractivity contribution in [3.05, 3.63) is 70.5 Å². The molecule has 0 amide bonds. The molecule has 0 bridgehead atoms. The van der Waals surface area contributed by atoms with Gasteiger partial charge in [-0.05, 0) is 68.2 Å². The third-order valence-electron chi connectivity index (χ3n) is 4.28. The van der Waals surface area contributed by atoms with Gasteiger partial charge in [0.1, 0.15) is 21.4 Å². The van der Waals surface area contributed by atoms with Crippen LogP contribution in [0.1, 0.15) is 38.8 Å². The number of thioether (sulfide) groups is 1.